The van der Waals surface area contributed by atoms with E-state index in [-0.39, 0.29) is 49.3 Å². The fraction of sp³-hybridized carbons (Fsp3) is 0.500. The van der Waals surface area contributed by atoms with Crippen LogP contribution in [0.5, 0.6) is 0 Å². The highest BCUT2D eigenvalue weighted by Crippen LogP contribution is 2.66. The summed E-state index contributed by atoms with van der Waals surface area (Å²) in [7, 11) is 0. The zero-order chi connectivity index (χ0) is 33.6. The van der Waals surface area contributed by atoms with E-state index in [0.717, 1.165) is 16.8 Å². The number of anilines is 2. The molecule has 2 aromatic rings. The number of rotatable bonds is 12. The maximum atomic E-state index is 15.2. The zero-order valence-corrected chi connectivity index (χ0v) is 28.1. The van der Waals surface area contributed by atoms with Gasteiger partial charge in [-0.15, -0.1) is 13.2 Å². The summed E-state index contributed by atoms with van der Waals surface area (Å²) in [5.41, 5.74) is 1.09. The zero-order valence-electron chi connectivity index (χ0n) is 28.1. The van der Waals surface area contributed by atoms with E-state index < -0.39 is 35.1 Å². The molecule has 3 heterocycles. The van der Waals surface area contributed by atoms with E-state index in [4.69, 9.17) is 4.74 Å². The summed E-state index contributed by atoms with van der Waals surface area (Å²) in [4.78, 5) is 49.9. The van der Waals surface area contributed by atoms with Crippen molar-refractivity contribution in [2.75, 3.05) is 29.5 Å². The molecule has 0 aromatic heterocycles. The molecule has 1 N–H and O–H groups in total. The normalized spacial score (nSPS) is 28.7. The minimum absolute atomic E-state index is 0.118. The number of nitrogens with zero attached hydrogens (tertiary/aromatic N) is 3. The van der Waals surface area contributed by atoms with Gasteiger partial charge in [0.05, 0.1) is 30.1 Å². The monoisotopic (exact) mass is 627 g/mol. The van der Waals surface area contributed by atoms with Crippen LogP contribution in [0.1, 0.15) is 51.7 Å². The van der Waals surface area contributed by atoms with Crippen LogP contribution >= 0.6 is 0 Å². The van der Waals surface area contributed by atoms with E-state index in [1.54, 1.807) is 26.9 Å². The van der Waals surface area contributed by atoms with Gasteiger partial charge in [0, 0.05) is 24.5 Å². The highest BCUT2D eigenvalue weighted by molar-refractivity contribution is 6.07. The van der Waals surface area contributed by atoms with Crippen LogP contribution in [0.25, 0.3) is 0 Å². The molecule has 3 aliphatic rings. The van der Waals surface area contributed by atoms with Crippen molar-refractivity contribution in [3.8, 4) is 0 Å². The lowest BCUT2D eigenvalue weighted by Gasteiger charge is -2.40. The molecule has 246 valence electrons. The van der Waals surface area contributed by atoms with Gasteiger partial charge in [-0.05, 0) is 68.7 Å². The van der Waals surface area contributed by atoms with Gasteiger partial charge in [-0.25, -0.2) is 0 Å². The maximum absolute atomic E-state index is 15.2. The number of aryl methyl sites for hydroxylation is 2. The summed E-state index contributed by atoms with van der Waals surface area (Å²) < 4.78 is 7.05. The van der Waals surface area contributed by atoms with E-state index >= 15 is 4.79 Å². The lowest BCUT2D eigenvalue weighted by Crippen LogP contribution is -2.59. The number of fused-ring (bicyclic) bond motifs is 1. The van der Waals surface area contributed by atoms with Crippen molar-refractivity contribution in [2.24, 2.45) is 23.7 Å². The Morgan fingerprint density at radius 2 is 1.63 bits per heavy atom. The molecule has 8 heteroatoms. The van der Waals surface area contributed by atoms with Crippen LogP contribution in [-0.2, 0) is 19.1 Å². The average molecular weight is 628 g/mol. The standard InChI is InChI=1S/C38H49N3O5/c1-9-19-39(28-17-12-11-13-18-28)34(43)30-31-35(44)41(29(23-42)21-24(3)4)33(38(31)22-27(7)37(30,8)46-38)36(45)40(20-10-2)32-25(5)15-14-16-26(32)6/h9-18,24,27,29-31,33,42H,1-2,19-23H2,3-8H3/t27?,29-,30-,31+,33?,37+,38?/m1/s1. The van der Waals surface area contributed by atoms with Crippen LogP contribution in [-0.4, -0.2) is 70.7 Å². The summed E-state index contributed by atoms with van der Waals surface area (Å²) in [5, 5.41) is 10.8. The Hall–Kier alpha value is -3.75. The van der Waals surface area contributed by atoms with Crippen LogP contribution in [0.15, 0.2) is 73.8 Å². The molecule has 3 fully saturated rings. The Balaban J connectivity index is 1.69. The quantitative estimate of drug-likeness (QED) is 0.316. The lowest BCUT2D eigenvalue weighted by molar-refractivity contribution is -0.149. The van der Waals surface area contributed by atoms with E-state index in [1.165, 1.54) is 0 Å². The summed E-state index contributed by atoms with van der Waals surface area (Å²) in [5.74, 6) is -2.52. The topological polar surface area (TPSA) is 90.4 Å². The van der Waals surface area contributed by atoms with Gasteiger partial charge in [-0.1, -0.05) is 69.3 Å². The maximum Gasteiger partial charge on any atom is 0.253 e. The number of aliphatic hydroxyl groups is 1. The van der Waals surface area contributed by atoms with Gasteiger partial charge in [0.1, 0.15) is 11.6 Å². The Labute approximate surface area is 273 Å². The molecule has 0 radical (unpaired) electrons. The van der Waals surface area contributed by atoms with Crippen molar-refractivity contribution in [3.63, 3.8) is 0 Å². The van der Waals surface area contributed by atoms with Crippen LogP contribution < -0.4 is 9.80 Å². The molecule has 0 aliphatic carbocycles. The molecular formula is C38H49N3O5. The van der Waals surface area contributed by atoms with Crippen LogP contribution in [0.4, 0.5) is 11.4 Å². The Bertz CT molecular complexity index is 1490. The van der Waals surface area contributed by atoms with Crippen LogP contribution in [0, 0.1) is 37.5 Å². The fourth-order valence-corrected chi connectivity index (χ4v) is 8.57. The molecule has 1 spiro atoms. The predicted octanol–water partition coefficient (Wildman–Crippen LogP) is 5.46. The number of amides is 3. The smallest absolute Gasteiger partial charge is 0.253 e. The molecule has 3 amide bonds. The third kappa shape index (κ3) is 5.20. The molecule has 46 heavy (non-hydrogen) atoms. The number of likely N-dealkylation sites (tertiary alicyclic amines) is 1. The minimum atomic E-state index is -1.25. The highest BCUT2D eigenvalue weighted by atomic mass is 16.5. The number of hydrogen-bond donors (Lipinski definition) is 1. The second kappa shape index (κ2) is 12.8. The van der Waals surface area contributed by atoms with Crippen molar-refractivity contribution in [1.82, 2.24) is 4.90 Å². The number of aliphatic hydroxyl groups excluding tert-OH is 1. The van der Waals surface area contributed by atoms with Crippen molar-refractivity contribution >= 4 is 29.1 Å². The van der Waals surface area contributed by atoms with Gasteiger partial charge < -0.3 is 24.5 Å². The van der Waals surface area contributed by atoms with Crippen LogP contribution in [0.3, 0.4) is 0 Å². The minimum Gasteiger partial charge on any atom is -0.394 e. The van der Waals surface area contributed by atoms with Gasteiger partial charge in [0.15, 0.2) is 0 Å². The Kier molecular flexibility index (Phi) is 9.35. The Morgan fingerprint density at radius 1 is 1.02 bits per heavy atom. The van der Waals surface area contributed by atoms with Gasteiger partial charge in [0.25, 0.3) is 5.91 Å². The molecule has 0 saturated carbocycles. The third-order valence-electron chi connectivity index (χ3n) is 10.5. The largest absolute Gasteiger partial charge is 0.394 e. The molecule has 3 unspecified atom stereocenters. The van der Waals surface area contributed by atoms with E-state index in [2.05, 4.69) is 13.2 Å². The summed E-state index contributed by atoms with van der Waals surface area (Å²) in [6.45, 7) is 20.0. The van der Waals surface area contributed by atoms with E-state index in [9.17, 15) is 14.7 Å². The van der Waals surface area contributed by atoms with E-state index in [0.29, 0.717) is 18.5 Å². The van der Waals surface area contributed by atoms with Crippen molar-refractivity contribution < 1.29 is 24.2 Å². The molecule has 7 atom stereocenters. The first-order chi connectivity index (χ1) is 21.9. The van der Waals surface area contributed by atoms with Crippen molar-refractivity contribution in [3.05, 3.63) is 85.0 Å². The number of para-hydroxylation sites is 2. The fourth-order valence-electron chi connectivity index (χ4n) is 8.57. The van der Waals surface area contributed by atoms with E-state index in [1.807, 2.05) is 90.1 Å². The number of carbonyl (C=O) groups is 3. The Morgan fingerprint density at radius 3 is 2.20 bits per heavy atom. The second-order valence-corrected chi connectivity index (χ2v) is 14.0. The molecule has 2 bridgehead atoms. The van der Waals surface area contributed by atoms with Gasteiger partial charge in [-0.2, -0.15) is 0 Å². The average Bonchev–Trinajstić information content (AvgIpc) is 3.54. The molecular weight excluding hydrogens is 578 g/mol. The number of hydrogen-bond acceptors (Lipinski definition) is 5. The molecule has 3 aliphatic heterocycles. The summed E-state index contributed by atoms with van der Waals surface area (Å²) in [6.07, 6.45) is 4.31. The first kappa shape index (κ1) is 33.6. The number of carbonyl (C=O) groups excluding carboxylic acids is 3. The van der Waals surface area contributed by atoms with Crippen LogP contribution in [0.2, 0.25) is 0 Å². The molecule has 5 rings (SSSR count). The first-order valence-corrected chi connectivity index (χ1v) is 16.5. The van der Waals surface area contributed by atoms with Crippen molar-refractivity contribution in [1.29, 1.82) is 0 Å². The SMILES string of the molecule is C=CCN(C(=O)[C@H]1[C@H]2C(=O)N([C@@H](CO)CC(C)C)C(C(=O)N(CC=C)c3c(C)cccc3C)C23CC(C)[C@]1(C)O3)c1ccccc1. The van der Waals surface area contributed by atoms with Gasteiger partial charge >= 0.3 is 0 Å². The molecule has 3 saturated heterocycles. The highest BCUT2D eigenvalue weighted by Gasteiger charge is 2.80. The molecule has 2 aromatic carbocycles. The van der Waals surface area contributed by atoms with Gasteiger partial charge in [-0.3, -0.25) is 14.4 Å². The number of ether oxygens (including phenoxy) is 1. The van der Waals surface area contributed by atoms with Crippen molar-refractivity contribution in [2.45, 2.75) is 77.7 Å². The van der Waals surface area contributed by atoms with Gasteiger partial charge in [0.2, 0.25) is 11.8 Å². The lowest BCUT2D eigenvalue weighted by atomic mass is 9.62. The summed E-state index contributed by atoms with van der Waals surface area (Å²) in [6, 6.07) is 13.6. The predicted molar refractivity (Wildman–Crippen MR) is 181 cm³/mol. The first-order valence-electron chi connectivity index (χ1n) is 16.5. The summed E-state index contributed by atoms with van der Waals surface area (Å²) >= 11 is 0. The second-order valence-electron chi connectivity index (χ2n) is 14.0. The third-order valence-corrected chi connectivity index (χ3v) is 10.5. The molecule has 8 nitrogen and oxygen atoms in total. The number of benzene rings is 2.